The summed E-state index contributed by atoms with van der Waals surface area (Å²) in [4.78, 5) is 48.4. The maximum Gasteiger partial charge on any atom is 0.412 e. The van der Waals surface area contributed by atoms with Crippen molar-refractivity contribution < 1.29 is 37.8 Å². The number of ether oxygens (including phenoxy) is 2. The number of aliphatic hydroxyl groups excluding tert-OH is 1. The first-order valence-corrected chi connectivity index (χ1v) is 15.8. The van der Waals surface area contributed by atoms with E-state index in [9.17, 15) is 19.5 Å². The maximum absolute atomic E-state index is 14.0. The summed E-state index contributed by atoms with van der Waals surface area (Å²) >= 11 is 0. The molecular formula is C34H36N6O8. The molecule has 4 unspecified atom stereocenters. The van der Waals surface area contributed by atoms with Crippen LogP contribution in [0.1, 0.15) is 62.1 Å². The van der Waals surface area contributed by atoms with E-state index in [-0.39, 0.29) is 41.5 Å². The van der Waals surface area contributed by atoms with Crippen molar-refractivity contribution in [2.24, 2.45) is 11.8 Å². The lowest BCUT2D eigenvalue weighted by atomic mass is 9.72. The van der Waals surface area contributed by atoms with E-state index in [4.69, 9.17) is 23.3 Å². The number of carbonyl (C=O) groups is 3. The van der Waals surface area contributed by atoms with Gasteiger partial charge in [0.15, 0.2) is 23.5 Å². The number of amides is 3. The van der Waals surface area contributed by atoms with Gasteiger partial charge in [0.25, 0.3) is 5.89 Å². The smallest absolute Gasteiger partial charge is 0.412 e. The molecule has 3 aliphatic heterocycles. The highest BCUT2D eigenvalue weighted by Crippen LogP contribution is 2.59. The second kappa shape index (κ2) is 11.7. The average Bonchev–Trinajstić information content (AvgIpc) is 3.83. The molecule has 48 heavy (non-hydrogen) atoms. The first kappa shape index (κ1) is 31.2. The predicted molar refractivity (Wildman–Crippen MR) is 171 cm³/mol. The van der Waals surface area contributed by atoms with Crippen LogP contribution in [0.25, 0.3) is 11.6 Å². The molecule has 5 atom stereocenters. The highest BCUT2D eigenvalue weighted by Gasteiger charge is 2.61. The van der Waals surface area contributed by atoms with Gasteiger partial charge in [-0.3, -0.25) is 14.9 Å². The lowest BCUT2D eigenvalue weighted by molar-refractivity contribution is -0.135. The Morgan fingerprint density at radius 3 is 2.62 bits per heavy atom. The van der Waals surface area contributed by atoms with Gasteiger partial charge in [-0.05, 0) is 35.1 Å². The van der Waals surface area contributed by atoms with Gasteiger partial charge in [0, 0.05) is 17.7 Å². The van der Waals surface area contributed by atoms with E-state index in [1.54, 1.807) is 13.8 Å². The van der Waals surface area contributed by atoms with Gasteiger partial charge in [-0.1, -0.05) is 58.0 Å². The summed E-state index contributed by atoms with van der Waals surface area (Å²) in [7, 11) is 1.24. The van der Waals surface area contributed by atoms with Crippen molar-refractivity contribution in [1.82, 2.24) is 20.6 Å². The summed E-state index contributed by atoms with van der Waals surface area (Å²) in [5, 5.41) is 22.3. The highest BCUT2D eigenvalue weighted by atomic mass is 16.5. The Morgan fingerprint density at radius 1 is 1.08 bits per heavy atom. The average molecular weight is 657 g/mol. The standard InChI is InChI=1S/C34H36N6O8/c1-15(2)24-31-40-25(30-37-23(14-46-30)38-33(44)45-5)27(48-31)34-18-8-6-7-9-20(18)36-32(34)47-22-11-10-17(12-19(22)34)13-21(28(42)39-24)35-29(43)26(41)16(3)4/h6-12,14-16,21,24,26,32,36,41H,13H2,1-5H3,(H,35,43)(H,38,44)(H,39,42)/t21?,24?,26-,32?,34?/m0/s1. The van der Waals surface area contributed by atoms with Crippen molar-refractivity contribution in [2.45, 2.75) is 63.9 Å². The lowest BCUT2D eigenvalue weighted by Gasteiger charge is -2.29. The van der Waals surface area contributed by atoms with Gasteiger partial charge in [-0.2, -0.15) is 4.98 Å². The van der Waals surface area contributed by atoms with E-state index in [1.807, 2.05) is 56.3 Å². The summed E-state index contributed by atoms with van der Waals surface area (Å²) in [6, 6.07) is 11.6. The number of nitrogens with zero attached hydrogens (tertiary/aromatic N) is 2. The molecule has 0 saturated heterocycles. The number of para-hydroxylation sites is 1. The molecule has 1 spiro atoms. The van der Waals surface area contributed by atoms with Crippen LogP contribution in [0.5, 0.6) is 5.75 Å². The fourth-order valence-electron chi connectivity index (χ4n) is 6.60. The molecule has 7 rings (SSSR count). The lowest BCUT2D eigenvalue weighted by Crippen LogP contribution is -2.52. The molecule has 3 aliphatic rings. The number of rotatable bonds is 6. The molecule has 5 N–H and O–H groups in total. The largest absolute Gasteiger partial charge is 0.469 e. The Balaban J connectivity index is 1.46. The molecule has 0 radical (unpaired) electrons. The van der Waals surface area contributed by atoms with E-state index < -0.39 is 47.7 Å². The molecule has 0 fully saturated rings. The molecule has 4 bridgehead atoms. The summed E-state index contributed by atoms with van der Waals surface area (Å²) in [6.07, 6.45) is -1.27. The third-order valence-electron chi connectivity index (χ3n) is 9.07. The van der Waals surface area contributed by atoms with Crippen molar-refractivity contribution in [3.05, 3.63) is 77.1 Å². The Labute approximate surface area is 275 Å². The third kappa shape index (κ3) is 4.94. The third-order valence-corrected chi connectivity index (χ3v) is 9.07. The van der Waals surface area contributed by atoms with Crippen LogP contribution < -0.4 is 26.0 Å². The van der Waals surface area contributed by atoms with Crippen molar-refractivity contribution in [1.29, 1.82) is 0 Å². The SMILES string of the molecule is COC(=O)Nc1coc(-c2nc3oc2C24c5ccccc5NC2Oc2ccc(cc24)CC(NC(=O)[C@@H](O)C(C)C)C(=O)NC3C(C)C)n1. The number of hydrogen-bond acceptors (Lipinski definition) is 11. The van der Waals surface area contributed by atoms with Crippen LogP contribution in [0.4, 0.5) is 16.3 Å². The van der Waals surface area contributed by atoms with E-state index in [2.05, 4.69) is 26.3 Å². The van der Waals surface area contributed by atoms with Gasteiger partial charge in [-0.15, -0.1) is 0 Å². The van der Waals surface area contributed by atoms with Crippen molar-refractivity contribution in [3.63, 3.8) is 0 Å². The molecule has 2 aromatic carbocycles. The zero-order valence-electron chi connectivity index (χ0n) is 27.0. The topological polar surface area (TPSA) is 190 Å². The Kier molecular flexibility index (Phi) is 7.62. The minimum atomic E-state index is -1.30. The van der Waals surface area contributed by atoms with Crippen LogP contribution in [0.3, 0.4) is 0 Å². The first-order valence-electron chi connectivity index (χ1n) is 15.8. The van der Waals surface area contributed by atoms with Gasteiger partial charge in [0.2, 0.25) is 17.7 Å². The molecule has 2 aromatic heterocycles. The van der Waals surface area contributed by atoms with Crippen molar-refractivity contribution in [2.75, 3.05) is 17.7 Å². The minimum Gasteiger partial charge on any atom is -0.469 e. The van der Waals surface area contributed by atoms with Crippen molar-refractivity contribution >= 4 is 29.4 Å². The Morgan fingerprint density at radius 2 is 1.88 bits per heavy atom. The van der Waals surface area contributed by atoms with Gasteiger partial charge < -0.3 is 39.4 Å². The minimum absolute atomic E-state index is 0.0602. The predicted octanol–water partition coefficient (Wildman–Crippen LogP) is 3.86. The number of anilines is 2. The molecule has 14 nitrogen and oxygen atoms in total. The van der Waals surface area contributed by atoms with Gasteiger partial charge in [-0.25, -0.2) is 9.78 Å². The molecule has 250 valence electrons. The number of methoxy groups -OCH3 is 1. The zero-order chi connectivity index (χ0) is 33.9. The fourth-order valence-corrected chi connectivity index (χ4v) is 6.60. The second-order valence-corrected chi connectivity index (χ2v) is 12.9. The van der Waals surface area contributed by atoms with Crippen molar-refractivity contribution in [3.8, 4) is 17.3 Å². The summed E-state index contributed by atoms with van der Waals surface area (Å²) in [5.41, 5.74) is 2.34. The van der Waals surface area contributed by atoms with Gasteiger partial charge >= 0.3 is 6.09 Å². The highest BCUT2D eigenvalue weighted by molar-refractivity contribution is 5.90. The van der Waals surface area contributed by atoms with Crippen LogP contribution in [0.15, 0.2) is 57.6 Å². The number of carbonyl (C=O) groups excluding carboxylic acids is 3. The summed E-state index contributed by atoms with van der Waals surface area (Å²) in [5.74, 6) is -0.387. The van der Waals surface area contributed by atoms with Crippen LogP contribution >= 0.6 is 0 Å². The maximum atomic E-state index is 14.0. The van der Waals surface area contributed by atoms with Crippen LogP contribution in [0.2, 0.25) is 0 Å². The number of benzene rings is 2. The van der Waals surface area contributed by atoms with Crippen LogP contribution in [-0.2, 0) is 26.2 Å². The first-order chi connectivity index (χ1) is 23.0. The van der Waals surface area contributed by atoms with Gasteiger partial charge in [0.1, 0.15) is 35.6 Å². The number of hydrogen-bond donors (Lipinski definition) is 5. The molecule has 0 saturated carbocycles. The quantitative estimate of drug-likeness (QED) is 0.203. The number of nitrogens with one attached hydrogen (secondary N) is 4. The molecule has 0 aliphatic carbocycles. The molecule has 3 amide bonds. The number of aliphatic hydroxyl groups is 1. The van der Waals surface area contributed by atoms with Crippen LogP contribution in [-0.4, -0.2) is 58.5 Å². The normalized spacial score (nSPS) is 22.8. The van der Waals surface area contributed by atoms with E-state index in [0.717, 1.165) is 22.4 Å². The summed E-state index contributed by atoms with van der Waals surface area (Å²) in [6.45, 7) is 7.27. The van der Waals surface area contributed by atoms with Gasteiger partial charge in [0.05, 0.1) is 7.11 Å². The molecule has 5 heterocycles. The zero-order valence-corrected chi connectivity index (χ0v) is 27.0. The Hall–Kier alpha value is -5.37. The molecule has 14 heteroatoms. The molecule has 4 aromatic rings. The van der Waals surface area contributed by atoms with E-state index in [1.165, 1.54) is 13.4 Å². The number of fused-ring (bicyclic) bond motifs is 4. The number of oxazole rings is 2. The molecular weight excluding hydrogens is 620 g/mol. The fraction of sp³-hybridized carbons (Fsp3) is 0.382. The summed E-state index contributed by atoms with van der Waals surface area (Å²) < 4.78 is 23.9. The van der Waals surface area contributed by atoms with Crippen LogP contribution in [0, 0.1) is 11.8 Å². The Bertz CT molecular complexity index is 1920. The monoisotopic (exact) mass is 656 g/mol. The number of aromatic nitrogens is 2. The van der Waals surface area contributed by atoms with E-state index >= 15 is 0 Å². The van der Waals surface area contributed by atoms with E-state index in [0.29, 0.717) is 11.5 Å². The second-order valence-electron chi connectivity index (χ2n) is 12.9.